The average molecular weight is 455 g/mol. The molecule has 1 atom stereocenters. The Bertz CT molecular complexity index is 1430. The third-order valence-corrected chi connectivity index (χ3v) is 6.38. The Kier molecular flexibility index (Phi) is 5.49. The zero-order valence-corrected chi connectivity index (χ0v) is 19.0. The van der Waals surface area contributed by atoms with Crippen molar-refractivity contribution in [2.24, 2.45) is 0 Å². The van der Waals surface area contributed by atoms with Crippen LogP contribution in [0.1, 0.15) is 24.6 Å². The molecule has 0 bridgehead atoms. The Hall–Kier alpha value is -4.20. The normalized spacial score (nSPS) is 16.0. The predicted octanol–water partition coefficient (Wildman–Crippen LogP) is 3.49. The molecule has 4 aromatic rings. The summed E-state index contributed by atoms with van der Waals surface area (Å²) in [6.45, 7) is 6.80. The number of hydrogen-bond acceptors (Lipinski definition) is 5. The average Bonchev–Trinajstić information content (AvgIpc) is 3.22. The molecule has 34 heavy (non-hydrogen) atoms. The van der Waals surface area contributed by atoms with Gasteiger partial charge in [-0.05, 0) is 44.0 Å². The number of anilines is 1. The van der Waals surface area contributed by atoms with Crippen molar-refractivity contribution in [2.45, 2.75) is 25.8 Å². The largest absolute Gasteiger partial charge is 0.397 e. The van der Waals surface area contributed by atoms with Crippen molar-refractivity contribution in [3.8, 4) is 16.9 Å². The number of carbonyl (C=O) groups excluding carboxylic acids is 1. The van der Waals surface area contributed by atoms with Crippen molar-refractivity contribution in [3.05, 3.63) is 83.4 Å². The van der Waals surface area contributed by atoms with Gasteiger partial charge in [-0.2, -0.15) is 5.10 Å². The molecule has 1 aliphatic heterocycles. The maximum atomic E-state index is 12.2. The molecule has 1 aromatic carbocycles. The number of nitrogens with zero attached hydrogens (tertiary/aromatic N) is 5. The molecule has 8 nitrogen and oxygen atoms in total. The molecule has 2 N–H and O–H groups in total. The third kappa shape index (κ3) is 3.87. The van der Waals surface area contributed by atoms with Crippen molar-refractivity contribution in [3.63, 3.8) is 0 Å². The molecule has 5 rings (SSSR count). The smallest absolute Gasteiger partial charge is 0.246 e. The number of pyridine rings is 2. The van der Waals surface area contributed by atoms with E-state index < -0.39 is 0 Å². The van der Waals surface area contributed by atoms with E-state index in [1.54, 1.807) is 12.4 Å². The van der Waals surface area contributed by atoms with Crippen molar-refractivity contribution in [2.75, 3.05) is 18.8 Å². The third-order valence-electron chi connectivity index (χ3n) is 6.38. The first-order chi connectivity index (χ1) is 16.4. The lowest BCUT2D eigenvalue weighted by Crippen LogP contribution is -2.40. The van der Waals surface area contributed by atoms with E-state index in [2.05, 4.69) is 6.58 Å². The van der Waals surface area contributed by atoms with E-state index in [-0.39, 0.29) is 17.4 Å². The highest BCUT2D eigenvalue weighted by molar-refractivity contribution is 5.93. The number of benzene rings is 1. The fraction of sp³-hybridized carbons (Fsp3) is 0.231. The van der Waals surface area contributed by atoms with Crippen LogP contribution in [0.5, 0.6) is 0 Å². The Morgan fingerprint density at radius 1 is 1.18 bits per heavy atom. The number of amides is 1. The second-order valence-electron chi connectivity index (χ2n) is 8.60. The number of nitrogens with two attached hydrogens (primary N) is 1. The highest BCUT2D eigenvalue weighted by Crippen LogP contribution is 2.33. The summed E-state index contributed by atoms with van der Waals surface area (Å²) in [4.78, 5) is 30.2. The van der Waals surface area contributed by atoms with Gasteiger partial charge in [-0.25, -0.2) is 9.67 Å². The first-order valence-corrected chi connectivity index (χ1v) is 11.3. The Labute approximate surface area is 196 Å². The summed E-state index contributed by atoms with van der Waals surface area (Å²) in [7, 11) is 0. The van der Waals surface area contributed by atoms with Gasteiger partial charge in [0.15, 0.2) is 11.1 Å². The summed E-state index contributed by atoms with van der Waals surface area (Å²) in [6, 6.07) is 13.0. The summed E-state index contributed by atoms with van der Waals surface area (Å²) < 4.78 is 3.84. The standard InChI is InChI=1S/C26H26N6O2/c1-3-24(34)31-12-4-5-20(16-31)32-26-22(15-23(27)17(2)28-26)25(29-32)18-6-8-19(9-7-18)30-13-10-21(33)11-14-30/h3,6-11,13-15,20H,1,4-5,12,16,27H2,2H3/t20-/m1/s1. The number of rotatable bonds is 4. The fourth-order valence-electron chi connectivity index (χ4n) is 4.49. The highest BCUT2D eigenvalue weighted by atomic mass is 16.2. The molecule has 1 fully saturated rings. The lowest BCUT2D eigenvalue weighted by molar-refractivity contribution is -0.127. The van der Waals surface area contributed by atoms with Crippen molar-refractivity contribution < 1.29 is 4.79 Å². The van der Waals surface area contributed by atoms with E-state index in [9.17, 15) is 9.59 Å². The molecule has 8 heteroatoms. The molecule has 1 amide bonds. The van der Waals surface area contributed by atoms with Crippen LogP contribution in [-0.4, -0.2) is 43.2 Å². The lowest BCUT2D eigenvalue weighted by Gasteiger charge is -2.32. The van der Waals surface area contributed by atoms with Crippen LogP contribution in [0.4, 0.5) is 5.69 Å². The first kappa shape index (κ1) is 21.6. The maximum Gasteiger partial charge on any atom is 0.246 e. The van der Waals surface area contributed by atoms with Gasteiger partial charge < -0.3 is 15.2 Å². The highest BCUT2D eigenvalue weighted by Gasteiger charge is 2.27. The van der Waals surface area contributed by atoms with E-state index >= 15 is 0 Å². The number of piperidine rings is 1. The predicted molar refractivity (Wildman–Crippen MR) is 133 cm³/mol. The minimum Gasteiger partial charge on any atom is -0.397 e. The van der Waals surface area contributed by atoms with Crippen LogP contribution >= 0.6 is 0 Å². The van der Waals surface area contributed by atoms with Gasteiger partial charge in [0.25, 0.3) is 0 Å². The van der Waals surface area contributed by atoms with Crippen LogP contribution in [0.15, 0.2) is 72.3 Å². The van der Waals surface area contributed by atoms with Gasteiger partial charge in [0, 0.05) is 54.3 Å². The van der Waals surface area contributed by atoms with Crippen molar-refractivity contribution >= 4 is 22.6 Å². The van der Waals surface area contributed by atoms with Gasteiger partial charge >= 0.3 is 0 Å². The van der Waals surface area contributed by atoms with Crippen LogP contribution in [-0.2, 0) is 4.79 Å². The van der Waals surface area contributed by atoms with E-state index in [0.717, 1.165) is 53.1 Å². The van der Waals surface area contributed by atoms with Gasteiger partial charge in [0.05, 0.1) is 17.4 Å². The topological polar surface area (TPSA) is 99.0 Å². The molecular formula is C26H26N6O2. The number of carbonyl (C=O) groups is 1. The van der Waals surface area contributed by atoms with Gasteiger partial charge in [-0.1, -0.05) is 18.7 Å². The van der Waals surface area contributed by atoms with E-state index in [1.807, 2.05) is 51.4 Å². The minimum absolute atomic E-state index is 0.0184. The molecule has 0 aliphatic carbocycles. The first-order valence-electron chi connectivity index (χ1n) is 11.3. The monoisotopic (exact) mass is 454 g/mol. The number of hydrogen-bond donors (Lipinski definition) is 1. The molecule has 0 spiro atoms. The summed E-state index contributed by atoms with van der Waals surface area (Å²) in [5, 5.41) is 5.87. The molecular weight excluding hydrogens is 428 g/mol. The number of likely N-dealkylation sites (tertiary alicyclic amines) is 1. The van der Waals surface area contributed by atoms with Gasteiger partial charge in [-0.3, -0.25) is 9.59 Å². The van der Waals surface area contributed by atoms with Gasteiger partial charge in [-0.15, -0.1) is 0 Å². The molecule has 1 aliphatic rings. The number of aryl methyl sites for hydroxylation is 1. The van der Waals surface area contributed by atoms with Crippen LogP contribution in [0.2, 0.25) is 0 Å². The Morgan fingerprint density at radius 2 is 1.91 bits per heavy atom. The van der Waals surface area contributed by atoms with Gasteiger partial charge in [0.1, 0.15) is 5.69 Å². The van der Waals surface area contributed by atoms with Crippen LogP contribution in [0.3, 0.4) is 0 Å². The Balaban J connectivity index is 1.57. The zero-order chi connectivity index (χ0) is 23.8. The van der Waals surface area contributed by atoms with E-state index in [1.165, 1.54) is 18.2 Å². The molecule has 4 heterocycles. The van der Waals surface area contributed by atoms with Crippen molar-refractivity contribution in [1.29, 1.82) is 0 Å². The molecule has 172 valence electrons. The molecule has 1 saturated heterocycles. The summed E-state index contributed by atoms with van der Waals surface area (Å²) >= 11 is 0. The summed E-state index contributed by atoms with van der Waals surface area (Å²) in [6.07, 6.45) is 6.65. The zero-order valence-electron chi connectivity index (χ0n) is 19.0. The number of fused-ring (bicyclic) bond motifs is 1. The van der Waals surface area contributed by atoms with Gasteiger partial charge in [0.2, 0.25) is 5.91 Å². The van der Waals surface area contributed by atoms with Crippen LogP contribution in [0, 0.1) is 6.92 Å². The van der Waals surface area contributed by atoms with Crippen LogP contribution in [0.25, 0.3) is 28.0 Å². The lowest BCUT2D eigenvalue weighted by atomic mass is 10.1. The van der Waals surface area contributed by atoms with E-state index in [0.29, 0.717) is 12.2 Å². The Morgan fingerprint density at radius 3 is 2.62 bits per heavy atom. The number of nitrogen functional groups attached to an aromatic ring is 1. The second-order valence-corrected chi connectivity index (χ2v) is 8.60. The minimum atomic E-state index is -0.0622. The molecule has 0 saturated carbocycles. The summed E-state index contributed by atoms with van der Waals surface area (Å²) in [5.41, 5.74) is 11.0. The second kappa shape index (κ2) is 8.62. The van der Waals surface area contributed by atoms with Crippen molar-refractivity contribution in [1.82, 2.24) is 24.2 Å². The molecule has 3 aromatic heterocycles. The summed E-state index contributed by atoms with van der Waals surface area (Å²) in [5.74, 6) is -0.0622. The van der Waals surface area contributed by atoms with Crippen LogP contribution < -0.4 is 11.2 Å². The maximum absolute atomic E-state index is 12.2. The fourth-order valence-corrected chi connectivity index (χ4v) is 4.49. The molecule has 0 unspecified atom stereocenters. The SMILES string of the molecule is C=CC(=O)N1CCC[C@@H](n2nc(-c3ccc(-n4ccc(=O)cc4)cc3)c3cc(N)c(C)nc32)C1. The quantitative estimate of drug-likeness (QED) is 0.476. The number of aromatic nitrogens is 4. The van der Waals surface area contributed by atoms with E-state index in [4.69, 9.17) is 15.8 Å². The molecule has 0 radical (unpaired) electrons.